The Morgan fingerprint density at radius 1 is 1.24 bits per heavy atom. The second-order valence-electron chi connectivity index (χ2n) is 7.83. The predicted octanol–water partition coefficient (Wildman–Crippen LogP) is 6.00. The van der Waals surface area contributed by atoms with Crippen molar-refractivity contribution in [3.63, 3.8) is 0 Å². The summed E-state index contributed by atoms with van der Waals surface area (Å²) >= 11 is 1.42. The van der Waals surface area contributed by atoms with Crippen LogP contribution in [0, 0.1) is 12.3 Å². The van der Waals surface area contributed by atoms with Crippen LogP contribution in [0.2, 0.25) is 0 Å². The monoisotopic (exact) mass is 479 g/mol. The highest BCUT2D eigenvalue weighted by Gasteiger charge is 2.47. The summed E-state index contributed by atoms with van der Waals surface area (Å²) in [6.45, 7) is 3.49. The number of carbonyl (C=O) groups is 1. The fourth-order valence-corrected chi connectivity index (χ4v) is 4.05. The Morgan fingerprint density at radius 2 is 1.91 bits per heavy atom. The first-order valence-corrected chi connectivity index (χ1v) is 11.2. The first kappa shape index (κ1) is 24.6. The minimum absolute atomic E-state index is 0.261. The standard InChI is InChI=1S/C23H24F3N3O3S/c1-14-12-18(8-9-20(14)32-22(21(30)31)10-3-11-22)33-13-19(27)15(2)28-29-17-6-4-16(5-7-17)23(24,25)26/h4-9,12,27,29H,3,10-11,13H2,1-2H3,(H,30,31)/b27-19?,28-15-. The maximum atomic E-state index is 12.6. The summed E-state index contributed by atoms with van der Waals surface area (Å²) in [6, 6.07) is 9.94. The van der Waals surface area contributed by atoms with Crippen LogP contribution in [0.5, 0.6) is 5.75 Å². The molecule has 0 aromatic heterocycles. The summed E-state index contributed by atoms with van der Waals surface area (Å²) in [6.07, 6.45) is -2.58. The van der Waals surface area contributed by atoms with E-state index in [9.17, 15) is 23.1 Å². The molecule has 1 saturated carbocycles. The average molecular weight is 480 g/mol. The molecule has 0 aliphatic heterocycles. The molecule has 0 bridgehead atoms. The van der Waals surface area contributed by atoms with Crippen LogP contribution in [0.15, 0.2) is 52.5 Å². The number of hydrazone groups is 1. The van der Waals surface area contributed by atoms with Crippen LogP contribution in [-0.2, 0) is 11.0 Å². The Balaban J connectivity index is 1.54. The van der Waals surface area contributed by atoms with Gasteiger partial charge in [-0.15, -0.1) is 11.8 Å². The van der Waals surface area contributed by atoms with Gasteiger partial charge in [0.1, 0.15) is 5.75 Å². The van der Waals surface area contributed by atoms with Crippen molar-refractivity contribution >= 4 is 34.8 Å². The molecule has 10 heteroatoms. The Kier molecular flexibility index (Phi) is 7.36. The number of aliphatic carboxylic acids is 1. The van der Waals surface area contributed by atoms with Gasteiger partial charge < -0.3 is 15.3 Å². The van der Waals surface area contributed by atoms with Crippen molar-refractivity contribution < 1.29 is 27.8 Å². The molecule has 6 nitrogen and oxygen atoms in total. The van der Waals surface area contributed by atoms with Gasteiger partial charge in [-0.25, -0.2) is 4.79 Å². The lowest BCUT2D eigenvalue weighted by Crippen LogP contribution is -2.50. The Hall–Kier alpha value is -3.01. The number of thioether (sulfide) groups is 1. The fourth-order valence-electron chi connectivity index (χ4n) is 3.10. The van der Waals surface area contributed by atoms with Crippen LogP contribution in [0.4, 0.5) is 18.9 Å². The van der Waals surface area contributed by atoms with E-state index in [0.29, 0.717) is 35.7 Å². The van der Waals surface area contributed by atoms with Crippen molar-refractivity contribution in [1.29, 1.82) is 5.41 Å². The van der Waals surface area contributed by atoms with E-state index >= 15 is 0 Å². The number of carboxylic acids is 1. The number of hydrogen-bond acceptors (Lipinski definition) is 6. The highest BCUT2D eigenvalue weighted by Crippen LogP contribution is 2.38. The summed E-state index contributed by atoms with van der Waals surface area (Å²) in [4.78, 5) is 12.4. The molecule has 2 aromatic carbocycles. The summed E-state index contributed by atoms with van der Waals surface area (Å²) in [5.41, 5.74) is 2.67. The maximum absolute atomic E-state index is 12.6. The van der Waals surface area contributed by atoms with Crippen molar-refractivity contribution in [2.75, 3.05) is 11.2 Å². The zero-order valence-corrected chi connectivity index (χ0v) is 18.9. The van der Waals surface area contributed by atoms with E-state index in [1.54, 1.807) is 13.0 Å². The number of aryl methyl sites for hydroxylation is 1. The Morgan fingerprint density at radius 3 is 2.42 bits per heavy atom. The molecule has 1 aliphatic rings. The normalized spacial score (nSPS) is 15.5. The van der Waals surface area contributed by atoms with E-state index in [1.807, 2.05) is 19.1 Å². The lowest BCUT2D eigenvalue weighted by Gasteiger charge is -2.38. The molecule has 2 aromatic rings. The van der Waals surface area contributed by atoms with Gasteiger partial charge in [0.2, 0.25) is 5.60 Å². The van der Waals surface area contributed by atoms with Crippen LogP contribution in [0.1, 0.15) is 37.3 Å². The second-order valence-corrected chi connectivity index (χ2v) is 8.88. The van der Waals surface area contributed by atoms with Gasteiger partial charge in [-0.1, -0.05) is 0 Å². The molecule has 0 amide bonds. The topological polar surface area (TPSA) is 94.8 Å². The quantitative estimate of drug-likeness (QED) is 0.233. The SMILES string of the molecule is C/C(=N/Nc1ccc(C(F)(F)F)cc1)C(=N)CSc1ccc(OC2(C(=O)O)CCC2)c(C)c1. The average Bonchev–Trinajstić information content (AvgIpc) is 2.73. The zero-order chi connectivity index (χ0) is 24.2. The van der Waals surface area contributed by atoms with E-state index in [2.05, 4.69) is 10.5 Å². The molecule has 0 radical (unpaired) electrons. The largest absolute Gasteiger partial charge is 0.478 e. The van der Waals surface area contributed by atoms with E-state index < -0.39 is 23.3 Å². The maximum Gasteiger partial charge on any atom is 0.416 e. The van der Waals surface area contributed by atoms with Gasteiger partial charge in [-0.3, -0.25) is 5.43 Å². The zero-order valence-electron chi connectivity index (χ0n) is 18.1. The molecule has 0 saturated heterocycles. The van der Waals surface area contributed by atoms with Crippen LogP contribution >= 0.6 is 11.8 Å². The molecule has 3 rings (SSSR count). The second kappa shape index (κ2) is 9.86. The van der Waals surface area contributed by atoms with Gasteiger partial charge in [0.25, 0.3) is 0 Å². The summed E-state index contributed by atoms with van der Waals surface area (Å²) in [5.74, 6) is -0.0716. The molecule has 0 unspecified atom stereocenters. The third-order valence-electron chi connectivity index (χ3n) is 5.39. The third-order valence-corrected chi connectivity index (χ3v) is 6.41. The van der Waals surface area contributed by atoms with E-state index in [4.69, 9.17) is 10.1 Å². The van der Waals surface area contributed by atoms with Gasteiger partial charge in [0.05, 0.1) is 22.7 Å². The van der Waals surface area contributed by atoms with Gasteiger partial charge in [0.15, 0.2) is 0 Å². The number of nitrogens with one attached hydrogen (secondary N) is 2. The molecule has 1 fully saturated rings. The van der Waals surface area contributed by atoms with E-state index in [0.717, 1.165) is 29.0 Å². The van der Waals surface area contributed by atoms with Gasteiger partial charge in [0, 0.05) is 10.6 Å². The minimum Gasteiger partial charge on any atom is -0.478 e. The van der Waals surface area contributed by atoms with Gasteiger partial charge in [-0.2, -0.15) is 18.3 Å². The van der Waals surface area contributed by atoms with E-state index in [1.165, 1.54) is 23.9 Å². The Labute approximate surface area is 193 Å². The lowest BCUT2D eigenvalue weighted by atomic mass is 9.80. The number of carboxylic acid groups (broad SMARTS) is 1. The summed E-state index contributed by atoms with van der Waals surface area (Å²) in [5, 5.41) is 21.7. The Bertz CT molecular complexity index is 1060. The van der Waals surface area contributed by atoms with Crippen molar-refractivity contribution in [3.8, 4) is 5.75 Å². The number of benzene rings is 2. The summed E-state index contributed by atoms with van der Waals surface area (Å²) < 4.78 is 43.7. The van der Waals surface area contributed by atoms with Crippen LogP contribution in [0.25, 0.3) is 0 Å². The predicted molar refractivity (Wildman–Crippen MR) is 123 cm³/mol. The summed E-state index contributed by atoms with van der Waals surface area (Å²) in [7, 11) is 0. The van der Waals surface area contributed by atoms with Crippen LogP contribution in [-0.4, -0.2) is 33.9 Å². The number of anilines is 1. The number of rotatable bonds is 9. The molecule has 3 N–H and O–H groups in total. The first-order valence-electron chi connectivity index (χ1n) is 10.2. The number of nitrogens with zero attached hydrogens (tertiary/aromatic N) is 1. The molecule has 1 aliphatic carbocycles. The van der Waals surface area contributed by atoms with Gasteiger partial charge >= 0.3 is 12.1 Å². The molecule has 0 spiro atoms. The molecule has 0 heterocycles. The van der Waals surface area contributed by atoms with Crippen LogP contribution in [0.3, 0.4) is 0 Å². The van der Waals surface area contributed by atoms with Gasteiger partial charge in [-0.05, 0) is 81.1 Å². The van der Waals surface area contributed by atoms with Crippen molar-refractivity contribution in [2.45, 2.75) is 49.8 Å². The number of alkyl halides is 3. The highest BCUT2D eigenvalue weighted by molar-refractivity contribution is 8.00. The third kappa shape index (κ3) is 6.07. The van der Waals surface area contributed by atoms with Crippen molar-refractivity contribution in [1.82, 2.24) is 0 Å². The molecular weight excluding hydrogens is 455 g/mol. The number of halogens is 3. The molecule has 0 atom stereocenters. The minimum atomic E-state index is -4.39. The number of hydrogen-bond donors (Lipinski definition) is 3. The molecule has 33 heavy (non-hydrogen) atoms. The van der Waals surface area contributed by atoms with Crippen molar-refractivity contribution in [2.24, 2.45) is 5.10 Å². The molecular formula is C23H24F3N3O3S. The smallest absolute Gasteiger partial charge is 0.416 e. The van der Waals surface area contributed by atoms with Crippen molar-refractivity contribution in [3.05, 3.63) is 53.6 Å². The van der Waals surface area contributed by atoms with Crippen LogP contribution < -0.4 is 10.2 Å². The highest BCUT2D eigenvalue weighted by atomic mass is 32.2. The lowest BCUT2D eigenvalue weighted by molar-refractivity contribution is -0.163. The first-order chi connectivity index (χ1) is 15.5. The number of ether oxygens (including phenoxy) is 1. The van der Waals surface area contributed by atoms with E-state index in [-0.39, 0.29) is 5.71 Å². The molecule has 176 valence electrons. The fraction of sp³-hybridized carbons (Fsp3) is 0.348.